The summed E-state index contributed by atoms with van der Waals surface area (Å²) in [4.78, 5) is 22.7. The van der Waals surface area contributed by atoms with Crippen molar-refractivity contribution in [2.75, 3.05) is 11.5 Å². The highest BCUT2D eigenvalue weighted by molar-refractivity contribution is 9.11. The summed E-state index contributed by atoms with van der Waals surface area (Å²) < 4.78 is 6.64. The van der Waals surface area contributed by atoms with Gasteiger partial charge in [-0.05, 0) is 82.2 Å². The number of benzene rings is 1. The summed E-state index contributed by atoms with van der Waals surface area (Å²) in [6.07, 6.45) is 5.18. The molecule has 1 fully saturated rings. The summed E-state index contributed by atoms with van der Waals surface area (Å²) in [5, 5.41) is 0. The van der Waals surface area contributed by atoms with Crippen molar-refractivity contribution in [1.29, 1.82) is 0 Å². The van der Waals surface area contributed by atoms with E-state index in [1.807, 2.05) is 17.0 Å². The topological polar surface area (TPSA) is 106 Å². The van der Waals surface area contributed by atoms with Crippen LogP contribution in [0.1, 0.15) is 44.6 Å². The molecule has 0 atom stereocenters. The Morgan fingerprint density at radius 1 is 1.22 bits per heavy atom. The van der Waals surface area contributed by atoms with Crippen molar-refractivity contribution in [3.63, 3.8) is 0 Å². The molecule has 9 heteroatoms. The molecule has 1 aliphatic carbocycles. The number of guanidine groups is 2. The molecule has 1 saturated carbocycles. The third kappa shape index (κ3) is 4.13. The molecule has 0 saturated heterocycles. The van der Waals surface area contributed by atoms with Crippen molar-refractivity contribution in [3.8, 4) is 0 Å². The molecule has 1 aromatic rings. The molecular formula is C18H23Br2N5O2. The second kappa shape index (κ2) is 8.18. The molecule has 7 nitrogen and oxygen atoms in total. The van der Waals surface area contributed by atoms with Gasteiger partial charge in [0.2, 0.25) is 11.9 Å². The summed E-state index contributed by atoms with van der Waals surface area (Å²) in [6, 6.07) is 3.81. The third-order valence-corrected chi connectivity index (χ3v) is 6.01. The average molecular weight is 501 g/mol. The van der Waals surface area contributed by atoms with Crippen LogP contribution in [-0.4, -0.2) is 30.2 Å². The summed E-state index contributed by atoms with van der Waals surface area (Å²) >= 11 is 7.28. The number of hydrogen-bond donors (Lipinski definition) is 2. The van der Waals surface area contributed by atoms with Crippen molar-refractivity contribution >= 4 is 55.4 Å². The maximum absolute atomic E-state index is 11.8. The number of hydrogen-bond acceptors (Lipinski definition) is 7. The largest absolute Gasteiger partial charge is 0.466 e. The van der Waals surface area contributed by atoms with Crippen molar-refractivity contribution < 1.29 is 9.53 Å². The Morgan fingerprint density at radius 3 is 2.44 bits per heavy atom. The van der Waals surface area contributed by atoms with Gasteiger partial charge in [0, 0.05) is 8.95 Å². The van der Waals surface area contributed by atoms with Crippen molar-refractivity contribution in [2.45, 2.75) is 51.1 Å². The Kier molecular flexibility index (Phi) is 6.10. The van der Waals surface area contributed by atoms with E-state index in [0.29, 0.717) is 12.6 Å². The Bertz CT molecular complexity index is 780. The van der Waals surface area contributed by atoms with Crippen LogP contribution in [0.15, 0.2) is 31.1 Å². The van der Waals surface area contributed by atoms with Gasteiger partial charge < -0.3 is 16.2 Å². The molecule has 1 spiro atoms. The summed E-state index contributed by atoms with van der Waals surface area (Å²) in [7, 11) is 0. The normalized spacial score (nSPS) is 18.9. The Labute approximate surface area is 175 Å². The fourth-order valence-electron chi connectivity index (χ4n) is 3.76. The van der Waals surface area contributed by atoms with Crippen molar-refractivity contribution in [2.24, 2.45) is 21.5 Å². The van der Waals surface area contributed by atoms with Crippen LogP contribution in [-0.2, 0) is 16.0 Å². The molecule has 2 aliphatic rings. The summed E-state index contributed by atoms with van der Waals surface area (Å²) in [6.45, 7) is 2.16. The minimum Gasteiger partial charge on any atom is -0.466 e. The van der Waals surface area contributed by atoms with Crippen LogP contribution in [0.2, 0.25) is 0 Å². The number of nitrogens with zero attached hydrogens (tertiary/aromatic N) is 3. The van der Waals surface area contributed by atoms with E-state index < -0.39 is 5.66 Å². The van der Waals surface area contributed by atoms with Gasteiger partial charge in [-0.1, -0.05) is 6.42 Å². The summed E-state index contributed by atoms with van der Waals surface area (Å²) in [5.41, 5.74) is 13.4. The lowest BCUT2D eigenvalue weighted by molar-refractivity contribution is -0.142. The van der Waals surface area contributed by atoms with Gasteiger partial charge in [0.15, 0.2) is 0 Å². The number of ether oxygens (including phenoxy) is 1. The van der Waals surface area contributed by atoms with E-state index in [2.05, 4.69) is 36.9 Å². The molecule has 0 aromatic heterocycles. The van der Waals surface area contributed by atoms with Crippen LogP contribution >= 0.6 is 31.9 Å². The monoisotopic (exact) mass is 499 g/mol. The van der Waals surface area contributed by atoms with Gasteiger partial charge >= 0.3 is 5.97 Å². The molecule has 0 amide bonds. The van der Waals surface area contributed by atoms with Crippen LogP contribution < -0.4 is 16.4 Å². The number of carbonyl (C=O) groups excluding carboxylic acids is 1. The van der Waals surface area contributed by atoms with Gasteiger partial charge in [0.25, 0.3) is 0 Å². The number of rotatable bonds is 4. The maximum Gasteiger partial charge on any atom is 0.310 e. The molecular weight excluding hydrogens is 478 g/mol. The Balaban J connectivity index is 2.01. The molecule has 0 radical (unpaired) electrons. The zero-order chi connectivity index (χ0) is 19.6. The van der Waals surface area contributed by atoms with E-state index in [1.54, 1.807) is 6.92 Å². The first-order valence-electron chi connectivity index (χ1n) is 8.99. The molecule has 1 heterocycles. The van der Waals surface area contributed by atoms with Gasteiger partial charge in [-0.15, -0.1) is 0 Å². The minimum atomic E-state index is -0.526. The van der Waals surface area contributed by atoms with Crippen LogP contribution in [0.5, 0.6) is 0 Å². The van der Waals surface area contributed by atoms with E-state index in [9.17, 15) is 4.79 Å². The lowest BCUT2D eigenvalue weighted by Gasteiger charge is -2.46. The molecule has 1 aliphatic heterocycles. The lowest BCUT2D eigenvalue weighted by Crippen LogP contribution is -2.58. The number of esters is 1. The maximum atomic E-state index is 11.8. The Hall–Kier alpha value is -1.61. The lowest BCUT2D eigenvalue weighted by atomic mass is 9.87. The number of aliphatic imine (C=N–C) groups is 2. The van der Waals surface area contributed by atoms with Crippen LogP contribution in [0, 0.1) is 0 Å². The second-order valence-electron chi connectivity index (χ2n) is 6.71. The average Bonchev–Trinajstić information content (AvgIpc) is 2.57. The molecule has 1 aromatic carbocycles. The number of nitrogens with two attached hydrogens (primary N) is 2. The van der Waals surface area contributed by atoms with E-state index in [-0.39, 0.29) is 18.3 Å². The molecule has 27 heavy (non-hydrogen) atoms. The van der Waals surface area contributed by atoms with E-state index in [1.165, 1.54) is 6.42 Å². The van der Waals surface area contributed by atoms with Gasteiger partial charge in [0.05, 0.1) is 18.7 Å². The molecule has 4 N–H and O–H groups in total. The van der Waals surface area contributed by atoms with E-state index in [4.69, 9.17) is 21.2 Å². The summed E-state index contributed by atoms with van der Waals surface area (Å²) in [5.74, 6) is 0.282. The fraction of sp³-hybridized carbons (Fsp3) is 0.500. The minimum absolute atomic E-state index is 0.200. The molecule has 146 valence electrons. The van der Waals surface area contributed by atoms with E-state index in [0.717, 1.165) is 45.9 Å². The SMILES string of the molecule is CCOC(=O)Cc1cc(Br)c(N2C(N)=NC(N)=NC23CCCCC3)c(Br)c1. The highest BCUT2D eigenvalue weighted by Crippen LogP contribution is 2.45. The Morgan fingerprint density at radius 2 is 1.85 bits per heavy atom. The quantitative estimate of drug-likeness (QED) is 0.616. The van der Waals surface area contributed by atoms with E-state index >= 15 is 0 Å². The fourth-order valence-corrected chi connectivity index (χ4v) is 5.39. The second-order valence-corrected chi connectivity index (χ2v) is 8.42. The molecule has 0 bridgehead atoms. The zero-order valence-corrected chi connectivity index (χ0v) is 18.3. The molecule has 0 unspecified atom stereocenters. The first-order valence-corrected chi connectivity index (χ1v) is 10.6. The van der Waals surface area contributed by atoms with Crippen molar-refractivity contribution in [1.82, 2.24) is 0 Å². The standard InChI is InChI=1S/C18H23Br2N5O2/c1-2-27-14(26)10-11-8-12(19)15(13(20)9-11)25-17(22)23-16(21)24-18(25)6-4-3-5-7-18/h8-9H,2-7,10H2,1H3,(H4,21,22,23,24). The number of halogens is 2. The van der Waals surface area contributed by atoms with Gasteiger partial charge in [0.1, 0.15) is 5.66 Å². The third-order valence-electron chi connectivity index (χ3n) is 4.81. The van der Waals surface area contributed by atoms with Crippen LogP contribution in [0.25, 0.3) is 0 Å². The number of carbonyl (C=O) groups is 1. The molecule has 3 rings (SSSR count). The van der Waals surface area contributed by atoms with Gasteiger partial charge in [-0.25, -0.2) is 4.99 Å². The first kappa shape index (κ1) is 20.1. The highest BCUT2D eigenvalue weighted by Gasteiger charge is 2.43. The first-order chi connectivity index (χ1) is 12.9. The number of anilines is 1. The highest BCUT2D eigenvalue weighted by atomic mass is 79.9. The van der Waals surface area contributed by atoms with Crippen LogP contribution in [0.3, 0.4) is 0 Å². The predicted molar refractivity (Wildman–Crippen MR) is 114 cm³/mol. The van der Waals surface area contributed by atoms with Gasteiger partial charge in [-0.3, -0.25) is 9.69 Å². The van der Waals surface area contributed by atoms with Crippen molar-refractivity contribution in [3.05, 3.63) is 26.6 Å². The van der Waals surface area contributed by atoms with Gasteiger partial charge in [-0.2, -0.15) is 4.99 Å². The smallest absolute Gasteiger partial charge is 0.310 e. The van der Waals surface area contributed by atoms with Crippen LogP contribution in [0.4, 0.5) is 5.69 Å². The predicted octanol–water partition coefficient (Wildman–Crippen LogP) is 3.43. The zero-order valence-electron chi connectivity index (χ0n) is 15.2.